The minimum atomic E-state index is -2.16. The fraction of sp³-hybridized carbons (Fsp3) is 0.584. The lowest BCUT2D eigenvalue weighted by molar-refractivity contribution is -0.171. The number of amides is 3. The van der Waals surface area contributed by atoms with Gasteiger partial charge in [0.05, 0.1) is 0 Å². The number of likely N-dealkylation sites (tertiary alicyclic amines) is 1. The lowest BCUT2D eigenvalue weighted by Gasteiger charge is -2.44. The molecule has 4 aromatic rings. The number of carboxylic acid groups (broad SMARTS) is 3. The summed E-state index contributed by atoms with van der Waals surface area (Å²) < 4.78 is 34.9. The van der Waals surface area contributed by atoms with Crippen molar-refractivity contribution < 1.29 is 81.5 Å². The minimum absolute atomic E-state index is 0. The van der Waals surface area contributed by atoms with Gasteiger partial charge in [-0.3, -0.25) is 9.59 Å². The molecule has 4 aliphatic rings. The van der Waals surface area contributed by atoms with Gasteiger partial charge >= 0.3 is 42.0 Å². The van der Waals surface area contributed by atoms with Gasteiger partial charge in [-0.25, -0.2) is 28.8 Å². The van der Waals surface area contributed by atoms with Gasteiger partial charge in [0.25, 0.3) is 5.91 Å². The van der Waals surface area contributed by atoms with Crippen LogP contribution in [0.2, 0.25) is 36.3 Å². The number of hydrogen-bond donors (Lipinski definition) is 6. The SMILES string of the molecule is C.C.C.CC(C)(C)[Si](C)(C)O[C@H]1CCN[C@@H](C(=O)O)C1.CC(C)[C@H](OC(=O)[C@H](NC(=O)OCC1c2ccccc2-c2ccccc21)C(C)C)C(=O)N1CC[C@H](O[Si](C)(C)C(C)(C)C)C[C@@H]1C(=O)O.CC(C)[C@H](OC(=O)[C@H](NC(=O)OCC1c2ccccc2-c2ccccc21)C(C)C)C(=O)O.S=S=S=S=S=S=S=S. The molecule has 8 atom stereocenters. The van der Waals surface area contributed by atoms with Crippen molar-refractivity contribution in [2.24, 2.45) is 23.7 Å². The summed E-state index contributed by atoms with van der Waals surface area (Å²) in [5.41, 5.74) is 8.76. The van der Waals surface area contributed by atoms with E-state index in [0.717, 1.165) is 57.5 Å². The number of carbonyl (C=O) groups is 8. The Balaban J connectivity index is 0.000000565. The monoisotopic (exact) mass is 1680 g/mol. The Kier molecular flexibility index (Phi) is 41.1. The molecule has 108 heavy (non-hydrogen) atoms. The van der Waals surface area contributed by atoms with Crippen LogP contribution in [-0.2, 0) is 132 Å². The number of carboxylic acids is 3. The number of alkyl carbamates (subject to hydrolysis) is 2. The van der Waals surface area contributed by atoms with Crippen LogP contribution >= 0.6 is 0 Å². The third-order valence-corrected chi connectivity index (χ3v) is 39.9. The van der Waals surface area contributed by atoms with E-state index in [1.165, 1.54) is 22.7 Å². The van der Waals surface area contributed by atoms with Gasteiger partial charge < -0.3 is 64.0 Å². The molecule has 8 rings (SSSR count). The number of nitrogens with one attached hydrogen (secondary N) is 3. The fourth-order valence-corrected chi connectivity index (χ4v) is 25.8. The van der Waals surface area contributed by atoms with E-state index in [0.29, 0.717) is 12.8 Å². The van der Waals surface area contributed by atoms with Crippen LogP contribution in [0.15, 0.2) is 97.1 Å². The molecule has 0 aromatic heterocycles. The first-order valence-corrected chi connectivity index (χ1v) is 50.3. The molecular weight excluding hydrogens is 1570 g/mol. The van der Waals surface area contributed by atoms with Crippen molar-refractivity contribution in [1.29, 1.82) is 0 Å². The summed E-state index contributed by atoms with van der Waals surface area (Å²) >= 11 is 9.21. The summed E-state index contributed by atoms with van der Waals surface area (Å²) in [6, 6.07) is 28.4. The second-order valence-corrected chi connectivity index (χ2v) is 50.7. The Hall–Kier alpha value is -5.69. The normalized spacial score (nSPS) is 17.6. The van der Waals surface area contributed by atoms with Crippen LogP contribution in [0.5, 0.6) is 0 Å². The van der Waals surface area contributed by atoms with Crippen molar-refractivity contribution in [1.82, 2.24) is 20.9 Å². The molecule has 0 bridgehead atoms. The van der Waals surface area contributed by atoms with Crippen molar-refractivity contribution in [2.75, 3.05) is 26.3 Å². The second kappa shape index (κ2) is 45.1. The van der Waals surface area contributed by atoms with E-state index in [9.17, 15) is 48.6 Å². The number of aliphatic carboxylic acids is 3. The van der Waals surface area contributed by atoms with E-state index in [1.54, 1.807) is 90.9 Å². The molecule has 2 heterocycles. The number of piperidine rings is 2. The van der Waals surface area contributed by atoms with Crippen LogP contribution in [0.4, 0.5) is 9.59 Å². The van der Waals surface area contributed by atoms with Crippen molar-refractivity contribution >= 4 is 140 Å². The minimum Gasteiger partial charge on any atom is -0.480 e. The molecule has 0 unspecified atom stereocenters. The maximum Gasteiger partial charge on any atom is 0.407 e. The highest BCUT2D eigenvalue weighted by Crippen LogP contribution is 2.47. The third kappa shape index (κ3) is 27.9. The van der Waals surface area contributed by atoms with Crippen LogP contribution in [0, 0.1) is 23.7 Å². The molecule has 21 nitrogen and oxygen atoms in total. The summed E-state index contributed by atoms with van der Waals surface area (Å²) in [5.74, 6) is -7.06. The van der Waals surface area contributed by atoms with Crippen molar-refractivity contribution in [3.05, 3.63) is 119 Å². The Morgan fingerprint density at radius 1 is 0.519 bits per heavy atom. The van der Waals surface area contributed by atoms with Gasteiger partial charge in [0, 0.05) is 119 Å². The van der Waals surface area contributed by atoms with Crippen LogP contribution in [0.1, 0.15) is 179 Å². The first kappa shape index (κ1) is 98.4. The number of hydrogen-bond acceptors (Lipinski definition) is 17. The van der Waals surface area contributed by atoms with Gasteiger partial charge in [-0.1, -0.05) is 216 Å². The van der Waals surface area contributed by atoms with E-state index in [1.807, 2.05) is 84.9 Å². The molecule has 31 heteroatoms. The molecule has 3 amide bonds. The quantitative estimate of drug-likeness (QED) is 0.0242. The predicted octanol–water partition coefficient (Wildman–Crippen LogP) is 14.9. The fourth-order valence-electron chi connectivity index (χ4n) is 12.0. The van der Waals surface area contributed by atoms with E-state index in [4.69, 9.17) is 32.9 Å². The summed E-state index contributed by atoms with van der Waals surface area (Å²) in [4.78, 5) is 102. The molecule has 2 aliphatic heterocycles. The Bertz CT molecular complexity index is 3860. The van der Waals surface area contributed by atoms with Crippen LogP contribution in [0.3, 0.4) is 0 Å². The second-order valence-electron chi connectivity index (χ2n) is 30.6. The number of fused-ring (bicyclic) bond motifs is 6. The number of benzene rings is 4. The Morgan fingerprint density at radius 2 is 0.870 bits per heavy atom. The van der Waals surface area contributed by atoms with Gasteiger partial charge in [-0.2, -0.15) is 0 Å². The molecule has 6 N–H and O–H groups in total. The Labute approximate surface area is 670 Å². The largest absolute Gasteiger partial charge is 0.480 e. The van der Waals surface area contributed by atoms with Crippen molar-refractivity contribution in [2.45, 2.75) is 242 Å². The molecule has 2 aliphatic carbocycles. The summed E-state index contributed by atoms with van der Waals surface area (Å²) in [5, 5.41) is 36.7. The number of ether oxygens (including phenoxy) is 4. The highest BCUT2D eigenvalue weighted by Gasteiger charge is 2.47. The molecule has 0 saturated carbocycles. The number of esters is 2. The highest BCUT2D eigenvalue weighted by atomic mass is 33.4. The first-order valence-electron chi connectivity index (χ1n) is 35.1. The first-order chi connectivity index (χ1) is 49.2. The Morgan fingerprint density at radius 3 is 1.19 bits per heavy atom. The summed E-state index contributed by atoms with van der Waals surface area (Å²) in [6.07, 6.45) is -2.09. The smallest absolute Gasteiger partial charge is 0.407 e. The maximum absolute atomic E-state index is 13.8. The lowest BCUT2D eigenvalue weighted by atomic mass is 9.96. The van der Waals surface area contributed by atoms with E-state index in [2.05, 4.69) is 118 Å². The van der Waals surface area contributed by atoms with E-state index >= 15 is 0 Å². The lowest BCUT2D eigenvalue weighted by Crippen LogP contribution is -2.58. The van der Waals surface area contributed by atoms with Crippen molar-refractivity contribution in [3.63, 3.8) is 0 Å². The highest BCUT2D eigenvalue weighted by molar-refractivity contribution is 8.70. The van der Waals surface area contributed by atoms with E-state index in [-0.39, 0.29) is 94.4 Å². The predicted molar refractivity (Wildman–Crippen MR) is 455 cm³/mol. The van der Waals surface area contributed by atoms with Gasteiger partial charge in [0.1, 0.15) is 37.4 Å². The van der Waals surface area contributed by atoms with Crippen molar-refractivity contribution in [3.8, 4) is 22.3 Å². The molecule has 0 spiro atoms. The molecular formula is C77H118N4O17S8Si2. The topological polar surface area (TPSA) is 292 Å². The van der Waals surface area contributed by atoms with Gasteiger partial charge in [0.15, 0.2) is 22.7 Å². The van der Waals surface area contributed by atoms with Gasteiger partial charge in [-0.05, 0) is 124 Å². The number of nitrogens with zero attached hydrogens (tertiary/aromatic N) is 1. The molecule has 0 radical (unpaired) electrons. The molecule has 4 aromatic carbocycles. The molecule has 2 fully saturated rings. The number of carbonyl (C=O) groups excluding carboxylic acids is 5. The van der Waals surface area contributed by atoms with Crippen LogP contribution in [-0.4, -0.2) is 160 Å². The average molecular weight is 1680 g/mol. The van der Waals surface area contributed by atoms with Gasteiger partial charge in [-0.15, -0.1) is 0 Å². The van der Waals surface area contributed by atoms with Crippen LogP contribution < -0.4 is 16.0 Å². The zero-order chi connectivity index (χ0) is 78.5. The summed E-state index contributed by atoms with van der Waals surface area (Å²) in [7, 11) is 5.19. The zero-order valence-corrected chi connectivity index (χ0v) is 71.8. The van der Waals surface area contributed by atoms with Crippen LogP contribution in [0.25, 0.3) is 22.3 Å². The number of rotatable bonds is 22. The molecule has 2 saturated heterocycles. The standard InChI is InChI=1S/C37H52N2O8Si.C25H29NO6.C12H25NO3Si.3CH4.S8/c1-22(2)31(38-36(44)45-21-29-27-16-12-10-14-25(27)26-15-11-13-17-28(26)29)35(43)46-32(23(3)4)33(40)39-19-18-24(20-30(39)34(41)42)47-48(8,9)37(5,6)7;1-14(2)21(24(29)32-22(15(3)4)23(27)28)26-25(30)31-13-20-18-11-7-5-9-16(18)17-10-6-8-12-19(17)20;1-12(2,3)17(4,5)16-9-6-7-13-10(8-9)11(14)15;;;;1-3-5-7-8-6-4-2/h10-17,22-24,29-32H,18-21H2,1-9H3,(H,38,44)(H,41,42);5-12,14-15,20-22H,13H2,1-4H3,(H,26,30)(H,27,28);9-10,13H,6-8H2,1-5H3,(H,14,15);3*1H4;/t24-,30+,31+,32-;21-,22+;9-,10+;;;;/m010..../s1. The zero-order valence-electron chi connectivity index (χ0n) is 63.2. The molecule has 604 valence electrons. The van der Waals surface area contributed by atoms with E-state index < -0.39 is 113 Å². The average Bonchev–Trinajstić information content (AvgIpc) is 1.62. The maximum atomic E-state index is 13.8. The third-order valence-electron chi connectivity index (χ3n) is 19.7. The van der Waals surface area contributed by atoms with Gasteiger partial charge in [0.2, 0.25) is 6.10 Å². The summed E-state index contributed by atoms with van der Waals surface area (Å²) in [6.45, 7) is 36.5.